The second kappa shape index (κ2) is 7.02. The van der Waals surface area contributed by atoms with Crippen molar-refractivity contribution in [1.82, 2.24) is 19.9 Å². The first-order chi connectivity index (χ1) is 13.8. The number of para-hydroxylation sites is 1. The van der Waals surface area contributed by atoms with Gasteiger partial charge >= 0.3 is 0 Å². The van der Waals surface area contributed by atoms with Crippen LogP contribution in [0.4, 0.5) is 5.82 Å². The molecule has 1 aromatic carbocycles. The van der Waals surface area contributed by atoms with Gasteiger partial charge in [-0.15, -0.1) is 0 Å². The summed E-state index contributed by atoms with van der Waals surface area (Å²) in [6.07, 6.45) is 6.70. The molecule has 5 nitrogen and oxygen atoms in total. The van der Waals surface area contributed by atoms with E-state index in [4.69, 9.17) is 11.6 Å². The number of halogens is 1. The smallest absolute Gasteiger partial charge is 0.137 e. The maximum Gasteiger partial charge on any atom is 0.137 e. The van der Waals surface area contributed by atoms with Gasteiger partial charge in [-0.1, -0.05) is 29.8 Å². The fourth-order valence-electron chi connectivity index (χ4n) is 3.60. The van der Waals surface area contributed by atoms with Crippen molar-refractivity contribution in [1.29, 1.82) is 0 Å². The van der Waals surface area contributed by atoms with Gasteiger partial charge < -0.3 is 15.3 Å². The van der Waals surface area contributed by atoms with Crippen LogP contribution in [0, 0.1) is 0 Å². The van der Waals surface area contributed by atoms with Crippen molar-refractivity contribution in [2.24, 2.45) is 0 Å². The number of pyridine rings is 2. The number of H-pyrrole nitrogens is 2. The predicted molar refractivity (Wildman–Crippen MR) is 115 cm³/mol. The molecule has 0 aliphatic heterocycles. The van der Waals surface area contributed by atoms with Gasteiger partial charge in [0.05, 0.1) is 0 Å². The van der Waals surface area contributed by atoms with Crippen molar-refractivity contribution in [2.45, 2.75) is 6.42 Å². The molecular formula is C22H18ClN5. The third-order valence-corrected chi connectivity index (χ3v) is 5.13. The van der Waals surface area contributed by atoms with Crippen LogP contribution in [0.25, 0.3) is 33.1 Å². The fraction of sp³-hybridized carbons (Fsp3) is 0.0909. The molecule has 0 bridgehead atoms. The maximum atomic E-state index is 6.29. The van der Waals surface area contributed by atoms with E-state index in [1.807, 2.05) is 36.5 Å². The van der Waals surface area contributed by atoms with E-state index in [1.165, 1.54) is 10.9 Å². The Labute approximate surface area is 166 Å². The van der Waals surface area contributed by atoms with Crippen LogP contribution in [-0.2, 0) is 6.42 Å². The minimum absolute atomic E-state index is 0.463. The highest BCUT2D eigenvalue weighted by Crippen LogP contribution is 2.30. The second-order valence-corrected chi connectivity index (χ2v) is 7.09. The number of hydrogen-bond donors (Lipinski definition) is 3. The van der Waals surface area contributed by atoms with Crippen molar-refractivity contribution in [2.75, 3.05) is 11.9 Å². The molecule has 4 heterocycles. The van der Waals surface area contributed by atoms with E-state index in [-0.39, 0.29) is 0 Å². The third-order valence-electron chi connectivity index (χ3n) is 4.93. The number of rotatable bonds is 5. The monoisotopic (exact) mass is 387 g/mol. The number of benzene rings is 1. The molecule has 4 aromatic heterocycles. The minimum Gasteiger partial charge on any atom is -0.370 e. The Morgan fingerprint density at radius 3 is 2.82 bits per heavy atom. The van der Waals surface area contributed by atoms with Crippen LogP contribution in [0.15, 0.2) is 67.1 Å². The Morgan fingerprint density at radius 2 is 1.86 bits per heavy atom. The first kappa shape index (κ1) is 16.8. The van der Waals surface area contributed by atoms with Gasteiger partial charge in [0.15, 0.2) is 0 Å². The van der Waals surface area contributed by atoms with E-state index >= 15 is 0 Å². The summed E-state index contributed by atoms with van der Waals surface area (Å²) in [4.78, 5) is 15.3. The molecule has 28 heavy (non-hydrogen) atoms. The lowest BCUT2D eigenvalue weighted by atomic mass is 10.1. The average molecular weight is 388 g/mol. The molecule has 0 aliphatic rings. The predicted octanol–water partition coefficient (Wildman–Crippen LogP) is 5.41. The van der Waals surface area contributed by atoms with E-state index in [2.05, 4.69) is 49.6 Å². The molecule has 6 heteroatoms. The van der Waals surface area contributed by atoms with E-state index < -0.39 is 0 Å². The quantitative estimate of drug-likeness (QED) is 0.353. The number of nitrogens with one attached hydrogen (secondary N) is 3. The third kappa shape index (κ3) is 3.10. The zero-order valence-corrected chi connectivity index (χ0v) is 15.8. The van der Waals surface area contributed by atoms with E-state index in [0.29, 0.717) is 5.15 Å². The molecule has 5 rings (SSSR count). The molecule has 0 spiro atoms. The van der Waals surface area contributed by atoms with Crippen LogP contribution in [0.3, 0.4) is 0 Å². The Morgan fingerprint density at radius 1 is 0.964 bits per heavy atom. The first-order valence-corrected chi connectivity index (χ1v) is 9.55. The highest BCUT2D eigenvalue weighted by molar-refractivity contribution is 6.29. The first-order valence-electron chi connectivity index (χ1n) is 9.17. The van der Waals surface area contributed by atoms with Crippen LogP contribution >= 0.6 is 11.6 Å². The molecule has 0 saturated carbocycles. The van der Waals surface area contributed by atoms with Crippen molar-refractivity contribution in [3.8, 4) is 11.1 Å². The molecule has 3 N–H and O–H groups in total. The Balaban J connectivity index is 1.37. The Bertz CT molecular complexity index is 1270. The molecule has 0 atom stereocenters. The van der Waals surface area contributed by atoms with Gasteiger partial charge in [0.1, 0.15) is 16.6 Å². The number of aromatic nitrogens is 4. The van der Waals surface area contributed by atoms with Crippen LogP contribution < -0.4 is 5.32 Å². The van der Waals surface area contributed by atoms with Gasteiger partial charge in [-0.2, -0.15) is 0 Å². The zero-order chi connectivity index (χ0) is 18.9. The number of aromatic amines is 2. The highest BCUT2D eigenvalue weighted by atomic mass is 35.5. The summed E-state index contributed by atoms with van der Waals surface area (Å²) < 4.78 is 0. The molecule has 0 saturated heterocycles. The Kier molecular flexibility index (Phi) is 4.22. The normalized spacial score (nSPS) is 11.3. The van der Waals surface area contributed by atoms with Crippen molar-refractivity contribution >= 4 is 39.4 Å². The van der Waals surface area contributed by atoms with Crippen LogP contribution in [0.5, 0.6) is 0 Å². The summed E-state index contributed by atoms with van der Waals surface area (Å²) in [5, 5.41) is 6.19. The summed E-state index contributed by atoms with van der Waals surface area (Å²) in [6, 6.07) is 16.2. The van der Waals surface area contributed by atoms with Gasteiger partial charge in [-0.3, -0.25) is 0 Å². The summed E-state index contributed by atoms with van der Waals surface area (Å²) in [7, 11) is 0. The SMILES string of the molecule is Clc1cc(-c2c[nH]c3ncccc23)cc(NCCc2c[nH]c3ccccc23)n1. The van der Waals surface area contributed by atoms with Crippen molar-refractivity contribution in [3.05, 3.63) is 77.8 Å². The average Bonchev–Trinajstić information content (AvgIpc) is 3.32. The van der Waals surface area contributed by atoms with Crippen LogP contribution in [0.2, 0.25) is 5.15 Å². The molecule has 0 aliphatic carbocycles. The van der Waals surface area contributed by atoms with Gasteiger partial charge in [-0.05, 0) is 47.9 Å². The number of nitrogens with zero attached hydrogens (tertiary/aromatic N) is 2. The van der Waals surface area contributed by atoms with Crippen molar-refractivity contribution in [3.63, 3.8) is 0 Å². The number of fused-ring (bicyclic) bond motifs is 2. The van der Waals surface area contributed by atoms with Crippen LogP contribution in [0.1, 0.15) is 5.56 Å². The molecule has 0 amide bonds. The maximum absolute atomic E-state index is 6.29. The largest absolute Gasteiger partial charge is 0.370 e. The van der Waals surface area contributed by atoms with Crippen molar-refractivity contribution < 1.29 is 0 Å². The lowest BCUT2D eigenvalue weighted by molar-refractivity contribution is 1.01. The lowest BCUT2D eigenvalue weighted by Gasteiger charge is -2.08. The zero-order valence-electron chi connectivity index (χ0n) is 15.0. The standard InChI is InChI=1S/C22H18ClN5/c23-20-10-15(18-13-27-22-17(18)5-3-8-25-22)11-21(28-20)24-9-7-14-12-26-19-6-2-1-4-16(14)19/h1-6,8,10-13,26H,7,9H2,(H,24,28)(H,25,27). The summed E-state index contributed by atoms with van der Waals surface area (Å²) in [5.41, 5.74) is 5.38. The van der Waals surface area contributed by atoms with Gasteiger partial charge in [0.25, 0.3) is 0 Å². The summed E-state index contributed by atoms with van der Waals surface area (Å²) in [6.45, 7) is 0.768. The molecule has 5 aromatic rings. The summed E-state index contributed by atoms with van der Waals surface area (Å²) in [5.74, 6) is 0.764. The number of hydrogen-bond acceptors (Lipinski definition) is 3. The minimum atomic E-state index is 0.463. The molecular weight excluding hydrogens is 370 g/mol. The summed E-state index contributed by atoms with van der Waals surface area (Å²) >= 11 is 6.29. The topological polar surface area (TPSA) is 69.4 Å². The number of anilines is 1. The molecule has 0 unspecified atom stereocenters. The van der Waals surface area contributed by atoms with E-state index in [1.54, 1.807) is 6.20 Å². The second-order valence-electron chi connectivity index (χ2n) is 6.70. The Hall–Kier alpha value is -3.31. The van der Waals surface area contributed by atoms with E-state index in [0.717, 1.165) is 46.5 Å². The molecule has 0 radical (unpaired) electrons. The van der Waals surface area contributed by atoms with Gasteiger partial charge in [0, 0.05) is 47.0 Å². The van der Waals surface area contributed by atoms with E-state index in [9.17, 15) is 0 Å². The molecule has 138 valence electrons. The highest BCUT2D eigenvalue weighted by Gasteiger charge is 2.10. The van der Waals surface area contributed by atoms with Gasteiger partial charge in [-0.25, -0.2) is 9.97 Å². The fourth-order valence-corrected chi connectivity index (χ4v) is 3.81. The molecule has 0 fully saturated rings. The van der Waals surface area contributed by atoms with Crippen LogP contribution in [-0.4, -0.2) is 26.5 Å². The lowest BCUT2D eigenvalue weighted by Crippen LogP contribution is -2.06. The van der Waals surface area contributed by atoms with Gasteiger partial charge in [0.2, 0.25) is 0 Å².